The Bertz CT molecular complexity index is 915. The van der Waals surface area contributed by atoms with Crippen molar-refractivity contribution in [1.82, 2.24) is 5.32 Å². The molecule has 0 saturated carbocycles. The summed E-state index contributed by atoms with van der Waals surface area (Å²) in [4.78, 5) is 25.0. The van der Waals surface area contributed by atoms with Gasteiger partial charge >= 0.3 is 0 Å². The van der Waals surface area contributed by atoms with E-state index < -0.39 is 0 Å². The Kier molecular flexibility index (Phi) is 6.04. The van der Waals surface area contributed by atoms with Gasteiger partial charge in [-0.3, -0.25) is 9.59 Å². The second kappa shape index (κ2) is 8.64. The highest BCUT2D eigenvalue weighted by molar-refractivity contribution is 7.12. The van der Waals surface area contributed by atoms with Crippen LogP contribution in [-0.2, 0) is 11.3 Å². The van der Waals surface area contributed by atoms with Crippen LogP contribution in [0.4, 0.5) is 5.69 Å². The third kappa shape index (κ3) is 4.83. The zero-order chi connectivity index (χ0) is 19.2. The normalized spacial score (nSPS) is 10.6. The summed E-state index contributed by atoms with van der Waals surface area (Å²) in [5.41, 5.74) is 3.72. The first kappa shape index (κ1) is 18.9. The second-order valence-corrected chi connectivity index (χ2v) is 7.47. The summed E-state index contributed by atoms with van der Waals surface area (Å²) in [6.07, 6.45) is 0. The predicted molar refractivity (Wildman–Crippen MR) is 111 cm³/mol. The number of hydrogen-bond donors (Lipinski definition) is 2. The molecule has 5 heteroatoms. The van der Waals surface area contributed by atoms with Gasteiger partial charge in [-0.2, -0.15) is 0 Å². The highest BCUT2D eigenvalue weighted by Crippen LogP contribution is 2.28. The van der Waals surface area contributed by atoms with E-state index in [0.29, 0.717) is 11.4 Å². The number of carbonyl (C=O) groups is 2. The molecule has 2 amide bonds. The SMILES string of the molecule is CC(C)C(=O)Nc1ccc(CNC(=O)c2sccc2-c2ccccc2)cc1. The first-order chi connectivity index (χ1) is 13.0. The predicted octanol–water partition coefficient (Wildman–Crippen LogP) is 4.94. The van der Waals surface area contributed by atoms with Crippen LogP contribution in [0.5, 0.6) is 0 Å². The number of anilines is 1. The van der Waals surface area contributed by atoms with E-state index in [0.717, 1.165) is 22.4 Å². The molecule has 27 heavy (non-hydrogen) atoms. The molecule has 2 N–H and O–H groups in total. The molecule has 0 saturated heterocycles. The van der Waals surface area contributed by atoms with Gasteiger partial charge in [-0.1, -0.05) is 56.3 Å². The molecule has 0 unspecified atom stereocenters. The average Bonchev–Trinajstić information content (AvgIpc) is 3.18. The van der Waals surface area contributed by atoms with Crippen LogP contribution >= 0.6 is 11.3 Å². The van der Waals surface area contributed by atoms with Gasteiger partial charge in [-0.05, 0) is 34.7 Å². The Morgan fingerprint density at radius 3 is 2.33 bits per heavy atom. The van der Waals surface area contributed by atoms with Crippen molar-refractivity contribution in [2.75, 3.05) is 5.32 Å². The van der Waals surface area contributed by atoms with Gasteiger partial charge in [-0.25, -0.2) is 0 Å². The monoisotopic (exact) mass is 378 g/mol. The summed E-state index contributed by atoms with van der Waals surface area (Å²) >= 11 is 1.44. The summed E-state index contributed by atoms with van der Waals surface area (Å²) in [5.74, 6) is -0.156. The van der Waals surface area contributed by atoms with Crippen molar-refractivity contribution in [3.63, 3.8) is 0 Å². The highest BCUT2D eigenvalue weighted by atomic mass is 32.1. The molecule has 4 nitrogen and oxygen atoms in total. The molecule has 0 aliphatic rings. The van der Waals surface area contributed by atoms with Crippen molar-refractivity contribution >= 4 is 28.8 Å². The van der Waals surface area contributed by atoms with Crippen LogP contribution < -0.4 is 10.6 Å². The van der Waals surface area contributed by atoms with Crippen molar-refractivity contribution in [2.45, 2.75) is 20.4 Å². The number of amides is 2. The Balaban J connectivity index is 1.62. The molecule has 138 valence electrons. The summed E-state index contributed by atoms with van der Waals surface area (Å²) in [6.45, 7) is 4.14. The van der Waals surface area contributed by atoms with Crippen molar-refractivity contribution in [2.24, 2.45) is 5.92 Å². The van der Waals surface area contributed by atoms with Gasteiger partial charge in [0.1, 0.15) is 0 Å². The number of rotatable bonds is 6. The zero-order valence-corrected chi connectivity index (χ0v) is 16.2. The number of nitrogens with one attached hydrogen (secondary N) is 2. The summed E-state index contributed by atoms with van der Waals surface area (Å²) in [6, 6.07) is 19.4. The molecule has 1 aromatic heterocycles. The van der Waals surface area contributed by atoms with Crippen LogP contribution in [0.1, 0.15) is 29.1 Å². The molecule has 2 aromatic carbocycles. The van der Waals surface area contributed by atoms with E-state index in [1.165, 1.54) is 11.3 Å². The summed E-state index contributed by atoms with van der Waals surface area (Å²) in [7, 11) is 0. The lowest BCUT2D eigenvalue weighted by Crippen LogP contribution is -2.22. The molecule has 0 fully saturated rings. The van der Waals surface area contributed by atoms with Crippen LogP contribution in [0.2, 0.25) is 0 Å². The minimum Gasteiger partial charge on any atom is -0.347 e. The van der Waals surface area contributed by atoms with E-state index in [-0.39, 0.29) is 17.7 Å². The smallest absolute Gasteiger partial charge is 0.262 e. The van der Waals surface area contributed by atoms with Crippen molar-refractivity contribution in [3.8, 4) is 11.1 Å². The van der Waals surface area contributed by atoms with E-state index >= 15 is 0 Å². The molecule has 3 aromatic rings. The molecular weight excluding hydrogens is 356 g/mol. The largest absolute Gasteiger partial charge is 0.347 e. The summed E-state index contributed by atoms with van der Waals surface area (Å²) in [5, 5.41) is 7.76. The van der Waals surface area contributed by atoms with E-state index in [9.17, 15) is 9.59 Å². The fourth-order valence-electron chi connectivity index (χ4n) is 2.59. The first-order valence-electron chi connectivity index (χ1n) is 8.85. The van der Waals surface area contributed by atoms with Crippen LogP contribution in [0.25, 0.3) is 11.1 Å². The third-order valence-corrected chi connectivity index (χ3v) is 5.07. The molecular formula is C22H22N2O2S. The quantitative estimate of drug-likeness (QED) is 0.638. The second-order valence-electron chi connectivity index (χ2n) is 6.55. The van der Waals surface area contributed by atoms with Gasteiger partial charge < -0.3 is 10.6 Å². The lowest BCUT2D eigenvalue weighted by Gasteiger charge is -2.09. The lowest BCUT2D eigenvalue weighted by atomic mass is 10.1. The van der Waals surface area contributed by atoms with E-state index in [1.807, 2.05) is 79.9 Å². The average molecular weight is 378 g/mol. The molecule has 1 heterocycles. The standard InChI is InChI=1S/C22H22N2O2S/c1-15(2)21(25)24-18-10-8-16(9-11-18)14-23-22(26)20-19(12-13-27-20)17-6-4-3-5-7-17/h3-13,15H,14H2,1-2H3,(H,23,26)(H,24,25). The number of benzene rings is 2. The van der Waals surface area contributed by atoms with Crippen molar-refractivity contribution in [3.05, 3.63) is 76.5 Å². The number of carbonyl (C=O) groups excluding carboxylic acids is 2. The van der Waals surface area contributed by atoms with Gasteiger partial charge in [0.05, 0.1) is 4.88 Å². The zero-order valence-electron chi connectivity index (χ0n) is 15.4. The van der Waals surface area contributed by atoms with Gasteiger partial charge in [-0.15, -0.1) is 11.3 Å². The molecule has 0 aliphatic carbocycles. The Labute approximate surface area is 163 Å². The van der Waals surface area contributed by atoms with Gasteiger partial charge in [0, 0.05) is 23.7 Å². The third-order valence-electron chi connectivity index (χ3n) is 4.16. The molecule has 0 atom stereocenters. The number of hydrogen-bond acceptors (Lipinski definition) is 3. The molecule has 0 spiro atoms. The van der Waals surface area contributed by atoms with E-state index in [4.69, 9.17) is 0 Å². The van der Waals surface area contributed by atoms with Crippen LogP contribution in [0.3, 0.4) is 0 Å². The van der Waals surface area contributed by atoms with Gasteiger partial charge in [0.15, 0.2) is 0 Å². The highest BCUT2D eigenvalue weighted by Gasteiger charge is 2.14. The molecule has 0 bridgehead atoms. The Morgan fingerprint density at radius 2 is 1.67 bits per heavy atom. The Hall–Kier alpha value is -2.92. The maximum Gasteiger partial charge on any atom is 0.262 e. The lowest BCUT2D eigenvalue weighted by molar-refractivity contribution is -0.118. The van der Waals surface area contributed by atoms with Crippen LogP contribution in [0, 0.1) is 5.92 Å². The van der Waals surface area contributed by atoms with Crippen LogP contribution in [0.15, 0.2) is 66.0 Å². The minimum atomic E-state index is -0.0824. The summed E-state index contributed by atoms with van der Waals surface area (Å²) < 4.78 is 0. The molecule has 0 aliphatic heterocycles. The van der Waals surface area contributed by atoms with Gasteiger partial charge in [0.25, 0.3) is 5.91 Å². The van der Waals surface area contributed by atoms with Crippen molar-refractivity contribution in [1.29, 1.82) is 0 Å². The van der Waals surface area contributed by atoms with E-state index in [1.54, 1.807) is 0 Å². The molecule has 0 radical (unpaired) electrons. The Morgan fingerprint density at radius 1 is 0.963 bits per heavy atom. The van der Waals surface area contributed by atoms with Crippen LogP contribution in [-0.4, -0.2) is 11.8 Å². The first-order valence-corrected chi connectivity index (χ1v) is 9.73. The maximum atomic E-state index is 12.6. The van der Waals surface area contributed by atoms with E-state index in [2.05, 4.69) is 10.6 Å². The fraction of sp³-hybridized carbons (Fsp3) is 0.182. The fourth-order valence-corrected chi connectivity index (χ4v) is 3.42. The van der Waals surface area contributed by atoms with Crippen molar-refractivity contribution < 1.29 is 9.59 Å². The number of thiophene rings is 1. The topological polar surface area (TPSA) is 58.2 Å². The minimum absolute atomic E-state index is 0.0119. The van der Waals surface area contributed by atoms with Gasteiger partial charge in [0.2, 0.25) is 5.91 Å². The molecule has 3 rings (SSSR count). The maximum absolute atomic E-state index is 12.6.